The van der Waals surface area contributed by atoms with Gasteiger partial charge in [-0.1, -0.05) is 152 Å². The maximum Gasteiger partial charge on any atom is 0.164 e. The second-order valence-corrected chi connectivity index (χ2v) is 14.6. The average molecular weight is 708 g/mol. The number of thiophene rings is 1. The van der Waals surface area contributed by atoms with Crippen molar-refractivity contribution in [1.29, 1.82) is 0 Å². The molecule has 0 N–H and O–H groups in total. The van der Waals surface area contributed by atoms with E-state index in [1.165, 1.54) is 47.6 Å². The number of hydrogen-bond donors (Lipinski definition) is 0. The minimum atomic E-state index is 0.598. The molecule has 11 aromatic rings. The summed E-state index contributed by atoms with van der Waals surface area (Å²) in [7, 11) is 0. The van der Waals surface area contributed by atoms with Crippen molar-refractivity contribution in [3.8, 4) is 56.4 Å². The molecule has 0 fully saturated rings. The Balaban J connectivity index is 1.06. The Hall–Kier alpha value is -6.95. The van der Waals surface area contributed by atoms with E-state index in [-0.39, 0.29) is 0 Å². The quantitative estimate of drug-likeness (QED) is 0.179. The second-order valence-electron chi connectivity index (χ2n) is 13.5. The van der Waals surface area contributed by atoms with E-state index in [1.807, 2.05) is 72.0 Å². The number of hydrogen-bond acceptors (Lipinski definition) is 5. The van der Waals surface area contributed by atoms with Gasteiger partial charge in [0.15, 0.2) is 17.5 Å². The van der Waals surface area contributed by atoms with Crippen molar-refractivity contribution in [3.05, 3.63) is 176 Å². The third kappa shape index (κ3) is 4.94. The molecule has 252 valence electrons. The van der Waals surface area contributed by atoms with Gasteiger partial charge in [0.2, 0.25) is 0 Å². The number of fused-ring (bicyclic) bond motifs is 7. The lowest BCUT2D eigenvalue weighted by Crippen LogP contribution is -2.00. The molecule has 0 bridgehead atoms. The van der Waals surface area contributed by atoms with Crippen LogP contribution in [0.1, 0.15) is 0 Å². The molecular formula is C49H29N3OS. The Morgan fingerprint density at radius 2 is 0.907 bits per heavy atom. The first kappa shape index (κ1) is 30.7. The molecule has 0 aliphatic heterocycles. The molecule has 0 spiro atoms. The van der Waals surface area contributed by atoms with E-state index in [2.05, 4.69) is 115 Å². The standard InChI is InChI=1S/C49H29N3OS/c1-3-13-30(14-4-1)47-50-48(31-15-5-2-6-16-31)52-49(51-47)32-25-26-41-43(29-32)53-42-23-12-20-38(45(41)42)35-27-28-36(34-18-8-7-17-33(34)35)39-21-11-22-40-37-19-9-10-24-44(37)54-46(39)40/h1-29H. The molecule has 3 aromatic heterocycles. The predicted octanol–water partition coefficient (Wildman–Crippen LogP) is 13.6. The van der Waals surface area contributed by atoms with Gasteiger partial charge < -0.3 is 4.42 Å². The number of nitrogens with zero attached hydrogens (tertiary/aromatic N) is 3. The van der Waals surface area contributed by atoms with Crippen LogP contribution in [0.3, 0.4) is 0 Å². The monoisotopic (exact) mass is 707 g/mol. The summed E-state index contributed by atoms with van der Waals surface area (Å²) in [4.78, 5) is 14.8. The lowest BCUT2D eigenvalue weighted by molar-refractivity contribution is 0.669. The molecular weight excluding hydrogens is 679 g/mol. The van der Waals surface area contributed by atoms with E-state index in [4.69, 9.17) is 19.4 Å². The molecule has 8 aromatic carbocycles. The number of benzene rings is 8. The molecule has 0 aliphatic carbocycles. The lowest BCUT2D eigenvalue weighted by Gasteiger charge is -2.13. The van der Waals surface area contributed by atoms with Crippen LogP contribution in [-0.4, -0.2) is 15.0 Å². The van der Waals surface area contributed by atoms with E-state index >= 15 is 0 Å². The fourth-order valence-electron chi connectivity index (χ4n) is 7.86. The number of rotatable bonds is 5. The molecule has 0 unspecified atom stereocenters. The molecule has 0 amide bonds. The van der Waals surface area contributed by atoms with E-state index in [0.29, 0.717) is 17.5 Å². The van der Waals surface area contributed by atoms with Gasteiger partial charge in [0.05, 0.1) is 0 Å². The third-order valence-corrected chi connectivity index (χ3v) is 11.6. The van der Waals surface area contributed by atoms with Crippen molar-refractivity contribution >= 4 is 64.2 Å². The first-order valence-corrected chi connectivity index (χ1v) is 18.8. The molecule has 0 aliphatic rings. The lowest BCUT2D eigenvalue weighted by atomic mass is 9.90. The van der Waals surface area contributed by atoms with Crippen LogP contribution in [0.4, 0.5) is 0 Å². The van der Waals surface area contributed by atoms with Gasteiger partial charge >= 0.3 is 0 Å². The van der Waals surface area contributed by atoms with Crippen LogP contribution in [0, 0.1) is 0 Å². The first-order chi connectivity index (χ1) is 26.8. The predicted molar refractivity (Wildman–Crippen MR) is 225 cm³/mol. The minimum Gasteiger partial charge on any atom is -0.456 e. The van der Waals surface area contributed by atoms with Crippen molar-refractivity contribution < 1.29 is 4.42 Å². The number of furan rings is 1. The van der Waals surface area contributed by atoms with Crippen LogP contribution in [-0.2, 0) is 0 Å². The fourth-order valence-corrected chi connectivity index (χ4v) is 9.09. The van der Waals surface area contributed by atoms with Gasteiger partial charge in [-0.2, -0.15) is 0 Å². The van der Waals surface area contributed by atoms with Gasteiger partial charge in [0, 0.05) is 53.2 Å². The van der Waals surface area contributed by atoms with E-state index in [1.54, 1.807) is 0 Å². The Morgan fingerprint density at radius 3 is 1.61 bits per heavy atom. The molecule has 0 saturated carbocycles. The Kier molecular flexibility index (Phi) is 7.00. The molecule has 0 saturated heterocycles. The van der Waals surface area contributed by atoms with Gasteiger partial charge in [0.25, 0.3) is 0 Å². The summed E-state index contributed by atoms with van der Waals surface area (Å²) in [6, 6.07) is 61.5. The van der Waals surface area contributed by atoms with Crippen molar-refractivity contribution in [1.82, 2.24) is 15.0 Å². The van der Waals surface area contributed by atoms with E-state index in [0.717, 1.165) is 44.2 Å². The third-order valence-electron chi connectivity index (χ3n) is 10.4. The van der Waals surface area contributed by atoms with E-state index < -0.39 is 0 Å². The summed E-state index contributed by atoms with van der Waals surface area (Å²) >= 11 is 1.87. The highest BCUT2D eigenvalue weighted by Gasteiger charge is 2.19. The summed E-state index contributed by atoms with van der Waals surface area (Å²) in [5.41, 5.74) is 9.18. The van der Waals surface area contributed by atoms with Gasteiger partial charge in [-0.3, -0.25) is 0 Å². The maximum atomic E-state index is 6.62. The SMILES string of the molecule is c1ccc(-c2nc(-c3ccccc3)nc(-c3ccc4c(c3)oc3cccc(-c5ccc(-c6cccc7c6sc6ccccc67)c6ccccc56)c34)n2)cc1. The van der Waals surface area contributed by atoms with Crippen LogP contribution in [0.2, 0.25) is 0 Å². The van der Waals surface area contributed by atoms with Gasteiger partial charge in [-0.15, -0.1) is 11.3 Å². The smallest absolute Gasteiger partial charge is 0.164 e. The van der Waals surface area contributed by atoms with E-state index in [9.17, 15) is 0 Å². The molecule has 0 radical (unpaired) electrons. The van der Waals surface area contributed by atoms with Gasteiger partial charge in [-0.05, 0) is 51.7 Å². The largest absolute Gasteiger partial charge is 0.456 e. The Bertz CT molecular complexity index is 3160. The number of aromatic nitrogens is 3. The summed E-state index contributed by atoms with van der Waals surface area (Å²) in [6.45, 7) is 0. The highest BCUT2D eigenvalue weighted by Crippen LogP contribution is 2.45. The molecule has 5 heteroatoms. The summed E-state index contributed by atoms with van der Waals surface area (Å²) in [6.07, 6.45) is 0. The Morgan fingerprint density at radius 1 is 0.352 bits per heavy atom. The zero-order chi connectivity index (χ0) is 35.6. The zero-order valence-corrected chi connectivity index (χ0v) is 29.7. The first-order valence-electron chi connectivity index (χ1n) is 18.0. The van der Waals surface area contributed by atoms with Crippen LogP contribution in [0.15, 0.2) is 180 Å². The van der Waals surface area contributed by atoms with Crippen LogP contribution < -0.4 is 0 Å². The molecule has 11 rings (SSSR count). The van der Waals surface area contributed by atoms with Crippen LogP contribution in [0.5, 0.6) is 0 Å². The van der Waals surface area contributed by atoms with Crippen molar-refractivity contribution in [3.63, 3.8) is 0 Å². The van der Waals surface area contributed by atoms with Gasteiger partial charge in [0.1, 0.15) is 11.2 Å². The normalized spacial score (nSPS) is 11.7. The summed E-state index contributed by atoms with van der Waals surface area (Å²) in [5.74, 6) is 1.86. The van der Waals surface area contributed by atoms with Crippen LogP contribution in [0.25, 0.3) is 109 Å². The van der Waals surface area contributed by atoms with Gasteiger partial charge in [-0.25, -0.2) is 15.0 Å². The molecule has 0 atom stereocenters. The fraction of sp³-hybridized carbons (Fsp3) is 0. The minimum absolute atomic E-state index is 0.598. The average Bonchev–Trinajstić information content (AvgIpc) is 3.82. The summed E-state index contributed by atoms with van der Waals surface area (Å²) < 4.78 is 9.25. The Labute approximate surface area is 314 Å². The second kappa shape index (κ2) is 12.3. The zero-order valence-electron chi connectivity index (χ0n) is 28.9. The summed E-state index contributed by atoms with van der Waals surface area (Å²) in [5, 5.41) is 7.19. The highest BCUT2D eigenvalue weighted by molar-refractivity contribution is 7.26. The van der Waals surface area contributed by atoms with Crippen LogP contribution >= 0.6 is 11.3 Å². The molecule has 3 heterocycles. The van der Waals surface area contributed by atoms with Crippen molar-refractivity contribution in [2.24, 2.45) is 0 Å². The molecule has 54 heavy (non-hydrogen) atoms. The van der Waals surface area contributed by atoms with Crippen molar-refractivity contribution in [2.75, 3.05) is 0 Å². The topological polar surface area (TPSA) is 51.8 Å². The van der Waals surface area contributed by atoms with Crippen molar-refractivity contribution in [2.45, 2.75) is 0 Å². The maximum absolute atomic E-state index is 6.62. The highest BCUT2D eigenvalue weighted by atomic mass is 32.1. The molecule has 4 nitrogen and oxygen atoms in total.